The van der Waals surface area contributed by atoms with Crippen LogP contribution in [0.2, 0.25) is 0 Å². The van der Waals surface area contributed by atoms with Crippen molar-refractivity contribution in [3.05, 3.63) is 18.3 Å². The maximum absolute atomic E-state index is 11.9. The van der Waals surface area contributed by atoms with Gasteiger partial charge in [0.05, 0.1) is 24.3 Å². The normalized spacial score (nSPS) is 21.7. The van der Waals surface area contributed by atoms with E-state index in [0.29, 0.717) is 19.0 Å². The smallest absolute Gasteiger partial charge is 0.471 e. The van der Waals surface area contributed by atoms with Crippen molar-refractivity contribution in [2.24, 2.45) is 0 Å². The van der Waals surface area contributed by atoms with Gasteiger partial charge in [0, 0.05) is 11.7 Å². The summed E-state index contributed by atoms with van der Waals surface area (Å²) in [5.74, 6) is 0.518. The lowest BCUT2D eigenvalue weighted by molar-refractivity contribution is -0.0232. The Morgan fingerprint density at radius 3 is 2.26 bits per heavy atom. The van der Waals surface area contributed by atoms with Gasteiger partial charge in [-0.1, -0.05) is 6.07 Å². The number of ether oxygens (including phenoxy) is 2. The van der Waals surface area contributed by atoms with Crippen LogP contribution in [0.3, 0.4) is 0 Å². The molecule has 7 nitrogen and oxygen atoms in total. The molecule has 8 heteroatoms. The van der Waals surface area contributed by atoms with Crippen molar-refractivity contribution >= 4 is 18.7 Å². The number of amides is 1. The molecule has 0 saturated carbocycles. The average molecular weight is 376 g/mol. The van der Waals surface area contributed by atoms with E-state index in [2.05, 4.69) is 4.98 Å². The van der Waals surface area contributed by atoms with Crippen molar-refractivity contribution in [2.75, 3.05) is 13.1 Å². The number of likely N-dealkylation sites (tertiary alicyclic amines) is 1. The summed E-state index contributed by atoms with van der Waals surface area (Å²) in [7, 11) is -0.442. The molecule has 0 radical (unpaired) electrons. The van der Waals surface area contributed by atoms with E-state index in [1.165, 1.54) is 0 Å². The van der Waals surface area contributed by atoms with Crippen molar-refractivity contribution in [1.82, 2.24) is 9.88 Å². The summed E-state index contributed by atoms with van der Waals surface area (Å²) in [6, 6.07) is 3.70. The first-order valence-electron chi connectivity index (χ1n) is 9.32. The fourth-order valence-corrected chi connectivity index (χ4v) is 2.74. The Morgan fingerprint density at radius 2 is 1.78 bits per heavy atom. The van der Waals surface area contributed by atoms with E-state index < -0.39 is 12.7 Å². The van der Waals surface area contributed by atoms with Crippen molar-refractivity contribution in [3.63, 3.8) is 0 Å². The topological polar surface area (TPSA) is 70.1 Å². The minimum Gasteiger partial charge on any atom is -0.471 e. The molecule has 2 saturated heterocycles. The molecule has 0 bridgehead atoms. The lowest BCUT2D eigenvalue weighted by Crippen LogP contribution is -2.57. The summed E-state index contributed by atoms with van der Waals surface area (Å²) in [6.45, 7) is 14.6. The summed E-state index contributed by atoms with van der Waals surface area (Å²) in [4.78, 5) is 17.9. The molecule has 2 aliphatic heterocycles. The molecule has 27 heavy (non-hydrogen) atoms. The summed E-state index contributed by atoms with van der Waals surface area (Å²) >= 11 is 0. The Balaban J connectivity index is 1.51. The Morgan fingerprint density at radius 1 is 1.19 bits per heavy atom. The molecule has 1 aromatic rings. The van der Waals surface area contributed by atoms with Crippen LogP contribution < -0.4 is 10.2 Å². The van der Waals surface area contributed by atoms with Gasteiger partial charge in [-0.05, 0) is 54.5 Å². The van der Waals surface area contributed by atoms with Crippen LogP contribution in [-0.4, -0.2) is 59.1 Å². The van der Waals surface area contributed by atoms with Crippen LogP contribution in [0.4, 0.5) is 4.79 Å². The Hall–Kier alpha value is -1.80. The van der Waals surface area contributed by atoms with Crippen LogP contribution in [0, 0.1) is 0 Å². The molecule has 3 rings (SSSR count). The molecule has 1 aromatic heterocycles. The quantitative estimate of drug-likeness (QED) is 0.755. The minimum atomic E-state index is -0.492. The number of hydrogen-bond donors (Lipinski definition) is 0. The first kappa shape index (κ1) is 20.0. The van der Waals surface area contributed by atoms with Crippen LogP contribution in [0.15, 0.2) is 18.3 Å². The largest absolute Gasteiger partial charge is 0.496 e. The molecule has 0 atom stereocenters. The van der Waals surface area contributed by atoms with Crippen molar-refractivity contribution in [3.8, 4) is 5.88 Å². The Labute approximate surface area is 161 Å². The van der Waals surface area contributed by atoms with Gasteiger partial charge in [0.1, 0.15) is 11.7 Å². The third-order valence-electron chi connectivity index (χ3n) is 5.07. The second kappa shape index (κ2) is 6.67. The molecule has 0 spiro atoms. The van der Waals surface area contributed by atoms with E-state index in [-0.39, 0.29) is 23.4 Å². The zero-order valence-corrected chi connectivity index (χ0v) is 17.2. The number of hydrogen-bond acceptors (Lipinski definition) is 6. The highest BCUT2D eigenvalue weighted by molar-refractivity contribution is 6.62. The highest BCUT2D eigenvalue weighted by Crippen LogP contribution is 2.36. The van der Waals surface area contributed by atoms with Gasteiger partial charge in [-0.25, -0.2) is 9.78 Å². The fourth-order valence-electron chi connectivity index (χ4n) is 2.74. The van der Waals surface area contributed by atoms with Gasteiger partial charge in [-0.2, -0.15) is 0 Å². The van der Waals surface area contributed by atoms with Gasteiger partial charge in [-0.15, -0.1) is 0 Å². The molecular weight excluding hydrogens is 347 g/mol. The summed E-state index contributed by atoms with van der Waals surface area (Å²) in [6.07, 6.45) is 1.32. The molecule has 148 valence electrons. The number of aromatic nitrogens is 1. The number of rotatable bonds is 3. The second-order valence-corrected chi connectivity index (χ2v) is 9.14. The minimum absolute atomic E-state index is 0.0762. The highest BCUT2D eigenvalue weighted by Gasteiger charge is 2.51. The average Bonchev–Trinajstić information content (AvgIpc) is 2.69. The molecule has 0 N–H and O–H groups in total. The number of carbonyl (C=O) groups excluding carboxylic acids is 1. The Bertz CT molecular complexity index is 677. The maximum Gasteiger partial charge on any atom is 0.496 e. The van der Waals surface area contributed by atoms with Gasteiger partial charge in [0.2, 0.25) is 5.88 Å². The predicted octanol–water partition coefficient (Wildman–Crippen LogP) is 2.38. The molecule has 0 unspecified atom stereocenters. The van der Waals surface area contributed by atoms with Crippen molar-refractivity contribution in [2.45, 2.75) is 71.4 Å². The first-order chi connectivity index (χ1) is 12.4. The van der Waals surface area contributed by atoms with Gasteiger partial charge < -0.3 is 23.7 Å². The van der Waals surface area contributed by atoms with E-state index in [0.717, 1.165) is 5.46 Å². The van der Waals surface area contributed by atoms with E-state index >= 15 is 0 Å². The monoisotopic (exact) mass is 376 g/mol. The lowest BCUT2D eigenvalue weighted by Gasteiger charge is -2.39. The van der Waals surface area contributed by atoms with Crippen molar-refractivity contribution in [1.29, 1.82) is 0 Å². The standard InChI is InChI=1S/C19H29BN2O5/c1-17(2,3)25-16(23)22-11-14(12-22)24-15-9-8-13(10-21-15)20-26-18(4,5)19(6,7)27-20/h8-10,14H,11-12H2,1-7H3. The number of nitrogens with zero attached hydrogens (tertiary/aromatic N) is 2. The third-order valence-corrected chi connectivity index (χ3v) is 5.07. The molecule has 0 aromatic carbocycles. The van der Waals surface area contributed by atoms with E-state index in [4.69, 9.17) is 18.8 Å². The molecule has 3 heterocycles. The van der Waals surface area contributed by atoms with Crippen LogP contribution in [0.25, 0.3) is 0 Å². The van der Waals surface area contributed by atoms with E-state index in [1.807, 2.05) is 54.5 Å². The summed E-state index contributed by atoms with van der Waals surface area (Å²) < 4.78 is 23.2. The van der Waals surface area contributed by atoms with Gasteiger partial charge in [0.25, 0.3) is 0 Å². The summed E-state index contributed by atoms with van der Waals surface area (Å²) in [5.41, 5.74) is -0.410. The fraction of sp³-hybridized carbons (Fsp3) is 0.684. The number of pyridine rings is 1. The molecular formula is C19H29BN2O5. The van der Waals surface area contributed by atoms with Gasteiger partial charge >= 0.3 is 13.2 Å². The molecule has 0 aliphatic carbocycles. The van der Waals surface area contributed by atoms with Crippen LogP contribution >= 0.6 is 0 Å². The maximum atomic E-state index is 11.9. The van der Waals surface area contributed by atoms with Gasteiger partial charge in [-0.3, -0.25) is 0 Å². The van der Waals surface area contributed by atoms with Crippen LogP contribution in [0.5, 0.6) is 5.88 Å². The van der Waals surface area contributed by atoms with Crippen molar-refractivity contribution < 1.29 is 23.6 Å². The van der Waals surface area contributed by atoms with Crippen LogP contribution in [-0.2, 0) is 14.0 Å². The highest BCUT2D eigenvalue weighted by atomic mass is 16.7. The first-order valence-corrected chi connectivity index (χ1v) is 9.32. The van der Waals surface area contributed by atoms with Crippen LogP contribution in [0.1, 0.15) is 48.5 Å². The van der Waals surface area contributed by atoms with E-state index in [9.17, 15) is 4.79 Å². The SMILES string of the molecule is CC(C)(C)OC(=O)N1CC(Oc2ccc(B3OC(C)(C)C(C)(C)O3)cn2)C1. The molecule has 2 fully saturated rings. The second-order valence-electron chi connectivity index (χ2n) is 9.14. The third kappa shape index (κ3) is 4.38. The van der Waals surface area contributed by atoms with E-state index in [1.54, 1.807) is 17.2 Å². The molecule has 1 amide bonds. The zero-order valence-electron chi connectivity index (χ0n) is 17.2. The lowest BCUT2D eigenvalue weighted by atomic mass is 9.80. The predicted molar refractivity (Wildman–Crippen MR) is 102 cm³/mol. The zero-order chi connectivity index (χ0) is 20.0. The summed E-state index contributed by atoms with van der Waals surface area (Å²) in [5, 5.41) is 0. The van der Waals surface area contributed by atoms with Gasteiger partial charge in [0.15, 0.2) is 0 Å². The number of carbonyl (C=O) groups is 1. The molecule has 2 aliphatic rings. The Kier molecular flexibility index (Phi) is 4.93.